The zero-order valence-corrected chi connectivity index (χ0v) is 23.3. The van der Waals surface area contributed by atoms with E-state index in [0.717, 1.165) is 34.9 Å². The van der Waals surface area contributed by atoms with Crippen LogP contribution in [-0.2, 0) is 14.3 Å². The van der Waals surface area contributed by atoms with Crippen molar-refractivity contribution < 1.29 is 19.1 Å². The summed E-state index contributed by atoms with van der Waals surface area (Å²) in [7, 11) is 0. The average Bonchev–Trinajstić information content (AvgIpc) is 2.85. The van der Waals surface area contributed by atoms with E-state index < -0.39 is 18.5 Å². The molecule has 0 heterocycles. The fourth-order valence-electron chi connectivity index (χ4n) is 3.86. The largest absolute Gasteiger partial charge is 0.452 e. The maximum Gasteiger partial charge on any atom is 0.338 e. The molecule has 0 unspecified atom stereocenters. The number of aryl methyl sites for hydroxylation is 2. The number of nitrogens with one attached hydrogen (secondary N) is 2. The van der Waals surface area contributed by atoms with Gasteiger partial charge in [-0.15, -0.1) is 0 Å². The van der Waals surface area contributed by atoms with Crippen LogP contribution in [0.4, 0.5) is 11.4 Å². The Balaban J connectivity index is 1.72. The topological polar surface area (TPSA) is 84.5 Å². The highest BCUT2D eigenvalue weighted by Crippen LogP contribution is 2.24. The van der Waals surface area contributed by atoms with Gasteiger partial charge in [0.15, 0.2) is 6.61 Å². The molecule has 0 aliphatic carbocycles. The number of esters is 1. The number of benzene rings is 2. The van der Waals surface area contributed by atoms with Gasteiger partial charge >= 0.3 is 5.97 Å². The molecule has 0 aliphatic heterocycles. The molecule has 7 heteroatoms. The first-order chi connectivity index (χ1) is 17.3. The predicted octanol–water partition coefficient (Wildman–Crippen LogP) is 7.72. The van der Waals surface area contributed by atoms with Crippen LogP contribution in [0.1, 0.15) is 92.6 Å². The number of hydrogen-bond donors (Lipinski definition) is 2. The first-order valence-electron chi connectivity index (χ1n) is 12.9. The van der Waals surface area contributed by atoms with Crippen molar-refractivity contribution in [1.82, 2.24) is 0 Å². The molecular formula is C29H39BrN2O4. The minimum Gasteiger partial charge on any atom is -0.452 e. The van der Waals surface area contributed by atoms with E-state index in [1.165, 1.54) is 38.5 Å². The monoisotopic (exact) mass is 558 g/mol. The molecule has 0 saturated carbocycles. The first kappa shape index (κ1) is 29.6. The van der Waals surface area contributed by atoms with Crippen molar-refractivity contribution in [3.8, 4) is 0 Å². The van der Waals surface area contributed by atoms with E-state index in [1.54, 1.807) is 24.3 Å². The van der Waals surface area contributed by atoms with E-state index >= 15 is 0 Å². The summed E-state index contributed by atoms with van der Waals surface area (Å²) in [6, 6.07) is 10.4. The Morgan fingerprint density at radius 1 is 0.806 bits per heavy atom. The highest BCUT2D eigenvalue weighted by molar-refractivity contribution is 9.10. The number of hydrogen-bond acceptors (Lipinski definition) is 4. The van der Waals surface area contributed by atoms with Crippen LogP contribution in [0.25, 0.3) is 0 Å². The van der Waals surface area contributed by atoms with Crippen molar-refractivity contribution in [1.29, 1.82) is 0 Å². The third-order valence-corrected chi connectivity index (χ3v) is 6.86. The summed E-state index contributed by atoms with van der Waals surface area (Å²) in [5.74, 6) is -1.11. The van der Waals surface area contributed by atoms with E-state index in [-0.39, 0.29) is 11.5 Å². The minimum atomic E-state index is -0.621. The van der Waals surface area contributed by atoms with Gasteiger partial charge < -0.3 is 15.4 Å². The van der Waals surface area contributed by atoms with Gasteiger partial charge in [0.25, 0.3) is 5.91 Å². The van der Waals surface area contributed by atoms with Gasteiger partial charge in [0.05, 0.1) is 5.56 Å². The third kappa shape index (κ3) is 10.9. The maximum absolute atomic E-state index is 12.4. The second kappa shape index (κ2) is 16.1. The van der Waals surface area contributed by atoms with Gasteiger partial charge in [-0.2, -0.15) is 0 Å². The number of carbonyl (C=O) groups is 3. The van der Waals surface area contributed by atoms with Crippen molar-refractivity contribution in [2.24, 2.45) is 0 Å². The molecule has 0 aromatic heterocycles. The van der Waals surface area contributed by atoms with Gasteiger partial charge in [0.2, 0.25) is 5.91 Å². The lowest BCUT2D eigenvalue weighted by molar-refractivity contribution is -0.119. The van der Waals surface area contributed by atoms with Gasteiger partial charge in [-0.05, 0) is 61.7 Å². The number of halogens is 1. The van der Waals surface area contributed by atoms with Crippen LogP contribution in [0.3, 0.4) is 0 Å². The molecule has 0 aliphatic rings. The Labute approximate surface area is 223 Å². The van der Waals surface area contributed by atoms with E-state index in [2.05, 4.69) is 33.5 Å². The number of anilines is 2. The lowest BCUT2D eigenvalue weighted by Gasteiger charge is -2.11. The van der Waals surface area contributed by atoms with Crippen LogP contribution in [0.2, 0.25) is 0 Å². The van der Waals surface area contributed by atoms with Crippen LogP contribution >= 0.6 is 15.9 Å². The fourth-order valence-corrected chi connectivity index (χ4v) is 4.32. The molecule has 2 amide bonds. The molecule has 0 atom stereocenters. The zero-order valence-electron chi connectivity index (χ0n) is 21.8. The lowest BCUT2D eigenvalue weighted by atomic mass is 10.1. The summed E-state index contributed by atoms with van der Waals surface area (Å²) in [4.78, 5) is 37.0. The van der Waals surface area contributed by atoms with Crippen molar-refractivity contribution in [3.63, 3.8) is 0 Å². The smallest absolute Gasteiger partial charge is 0.338 e. The minimum absolute atomic E-state index is 0.0667. The molecule has 0 bridgehead atoms. The molecule has 2 aromatic rings. The number of carbonyl (C=O) groups excluding carboxylic acids is 3. The van der Waals surface area contributed by atoms with Crippen molar-refractivity contribution in [2.45, 2.75) is 85.0 Å². The average molecular weight is 560 g/mol. The highest BCUT2D eigenvalue weighted by Gasteiger charge is 2.13. The van der Waals surface area contributed by atoms with Crippen LogP contribution in [0, 0.1) is 13.8 Å². The number of amides is 2. The van der Waals surface area contributed by atoms with Crippen LogP contribution in [0.5, 0.6) is 0 Å². The molecule has 0 radical (unpaired) electrons. The van der Waals surface area contributed by atoms with Gasteiger partial charge in [-0.25, -0.2) is 4.79 Å². The van der Waals surface area contributed by atoms with E-state index in [4.69, 9.17) is 4.74 Å². The van der Waals surface area contributed by atoms with Crippen molar-refractivity contribution >= 4 is 45.1 Å². The molecular weight excluding hydrogens is 520 g/mol. The quantitative estimate of drug-likeness (QED) is 0.173. The van der Waals surface area contributed by atoms with E-state index in [0.29, 0.717) is 17.8 Å². The molecule has 196 valence electrons. The zero-order chi connectivity index (χ0) is 26.3. The summed E-state index contributed by atoms with van der Waals surface area (Å²) < 4.78 is 6.14. The number of unbranched alkanes of at least 4 members (excludes halogenated alkanes) is 8. The number of rotatable bonds is 15. The lowest BCUT2D eigenvalue weighted by Crippen LogP contribution is -2.21. The standard InChI is InChI=1S/C29H39BrN2O4/c1-4-5-6-7-8-9-10-11-12-16-27(33)31-24-15-13-14-23(19-24)29(35)36-20-28(34)32-26-18-21(2)25(30)17-22(26)3/h13-15,17-19H,4-12,16,20H2,1-3H3,(H,31,33)(H,32,34). The SMILES string of the molecule is CCCCCCCCCCCC(=O)Nc1cccc(C(=O)OCC(=O)Nc2cc(C)c(Br)cc2C)c1. The summed E-state index contributed by atoms with van der Waals surface area (Å²) in [5.41, 5.74) is 3.38. The Bertz CT molecular complexity index is 1020. The van der Waals surface area contributed by atoms with Crippen LogP contribution in [-0.4, -0.2) is 24.4 Å². The predicted molar refractivity (Wildman–Crippen MR) is 149 cm³/mol. The first-order valence-corrected chi connectivity index (χ1v) is 13.7. The van der Waals surface area contributed by atoms with E-state index in [9.17, 15) is 14.4 Å². The molecule has 2 rings (SSSR count). The third-order valence-electron chi connectivity index (χ3n) is 6.00. The van der Waals surface area contributed by atoms with Crippen molar-refractivity contribution in [3.05, 3.63) is 57.6 Å². The van der Waals surface area contributed by atoms with Gasteiger partial charge in [0.1, 0.15) is 0 Å². The Kier molecular flexibility index (Phi) is 13.3. The number of ether oxygens (including phenoxy) is 1. The Morgan fingerprint density at radius 2 is 1.47 bits per heavy atom. The highest BCUT2D eigenvalue weighted by atomic mass is 79.9. The molecule has 0 fully saturated rings. The Hall–Kier alpha value is -2.67. The van der Waals surface area contributed by atoms with Gasteiger partial charge in [-0.3, -0.25) is 9.59 Å². The summed E-state index contributed by atoms with van der Waals surface area (Å²) in [6.07, 6.45) is 11.3. The van der Waals surface area contributed by atoms with E-state index in [1.807, 2.05) is 26.0 Å². The summed E-state index contributed by atoms with van der Waals surface area (Å²) >= 11 is 3.46. The second-order valence-electron chi connectivity index (χ2n) is 9.25. The maximum atomic E-state index is 12.4. The molecule has 2 aromatic carbocycles. The van der Waals surface area contributed by atoms with Crippen molar-refractivity contribution in [2.75, 3.05) is 17.2 Å². The summed E-state index contributed by atoms with van der Waals surface area (Å²) in [5, 5.41) is 5.62. The molecule has 0 spiro atoms. The second-order valence-corrected chi connectivity index (χ2v) is 10.1. The van der Waals surface area contributed by atoms with Gasteiger partial charge in [-0.1, -0.05) is 80.3 Å². The molecule has 36 heavy (non-hydrogen) atoms. The van der Waals surface area contributed by atoms with Gasteiger partial charge in [0, 0.05) is 22.3 Å². The molecule has 0 saturated heterocycles. The van der Waals surface area contributed by atoms with Crippen LogP contribution < -0.4 is 10.6 Å². The van der Waals surface area contributed by atoms with Crippen LogP contribution in [0.15, 0.2) is 40.9 Å². The molecule has 2 N–H and O–H groups in total. The fraction of sp³-hybridized carbons (Fsp3) is 0.483. The molecule has 6 nitrogen and oxygen atoms in total. The summed E-state index contributed by atoms with van der Waals surface area (Å²) in [6.45, 7) is 5.65. The Morgan fingerprint density at radius 3 is 2.17 bits per heavy atom. The normalized spacial score (nSPS) is 10.7.